The van der Waals surface area contributed by atoms with E-state index >= 15 is 0 Å². The first-order valence-corrected chi connectivity index (χ1v) is 9.66. The normalized spacial score (nSPS) is 18.2. The van der Waals surface area contributed by atoms with Crippen molar-refractivity contribution in [3.63, 3.8) is 0 Å². The zero-order chi connectivity index (χ0) is 18.5. The first kappa shape index (κ1) is 19.8. The van der Waals surface area contributed by atoms with E-state index in [4.69, 9.17) is 15.2 Å². The van der Waals surface area contributed by atoms with Crippen LogP contribution in [0, 0.1) is 11.2 Å². The van der Waals surface area contributed by atoms with Gasteiger partial charge in [-0.1, -0.05) is 6.92 Å². The Kier molecular flexibility index (Phi) is 6.53. The van der Waals surface area contributed by atoms with Gasteiger partial charge < -0.3 is 15.2 Å². The maximum absolute atomic E-state index is 14.3. The number of rotatable bonds is 7. The summed E-state index contributed by atoms with van der Waals surface area (Å²) in [4.78, 5) is -0.354. The molecule has 1 saturated heterocycles. The van der Waals surface area contributed by atoms with Crippen LogP contribution in [0.4, 0.5) is 8.78 Å². The van der Waals surface area contributed by atoms with E-state index in [1.165, 1.54) is 12.1 Å². The molecule has 1 aromatic carbocycles. The van der Waals surface area contributed by atoms with Crippen molar-refractivity contribution in [3.8, 4) is 5.75 Å². The number of nitrogens with two attached hydrogens (primary N) is 1. The molecule has 140 valence electrons. The minimum Gasteiger partial charge on any atom is -0.489 e. The predicted octanol–water partition coefficient (Wildman–Crippen LogP) is 2.61. The third-order valence-corrected chi connectivity index (χ3v) is 6.40. The summed E-state index contributed by atoms with van der Waals surface area (Å²) in [5.74, 6) is -0.907. The van der Waals surface area contributed by atoms with Crippen LogP contribution in [0.15, 0.2) is 35.0 Å². The predicted molar refractivity (Wildman–Crippen MR) is 90.4 cm³/mol. The Morgan fingerprint density at radius 1 is 1.40 bits per heavy atom. The molecule has 0 aromatic heterocycles. The molecule has 2 rings (SSSR count). The molecule has 25 heavy (non-hydrogen) atoms. The molecule has 5 nitrogen and oxygen atoms in total. The highest BCUT2D eigenvalue weighted by Crippen LogP contribution is 2.34. The number of halogens is 2. The Morgan fingerprint density at radius 3 is 2.64 bits per heavy atom. The third-order valence-electron chi connectivity index (χ3n) is 4.32. The van der Waals surface area contributed by atoms with Gasteiger partial charge in [-0.05, 0) is 30.4 Å². The molecule has 0 aliphatic carbocycles. The zero-order valence-corrected chi connectivity index (χ0v) is 15.0. The van der Waals surface area contributed by atoms with Gasteiger partial charge in [-0.3, -0.25) is 0 Å². The maximum atomic E-state index is 14.3. The quantitative estimate of drug-likeness (QED) is 0.793. The molecule has 1 fully saturated rings. The van der Waals surface area contributed by atoms with Crippen LogP contribution in [-0.2, 0) is 14.6 Å². The van der Waals surface area contributed by atoms with Crippen molar-refractivity contribution in [1.29, 1.82) is 0 Å². The highest BCUT2D eigenvalue weighted by atomic mass is 32.2. The summed E-state index contributed by atoms with van der Waals surface area (Å²) in [6, 6.07) is 3.53. The van der Waals surface area contributed by atoms with Gasteiger partial charge in [-0.25, -0.2) is 17.2 Å². The molecule has 0 atom stereocenters. The van der Waals surface area contributed by atoms with Gasteiger partial charge in [0.1, 0.15) is 23.1 Å². The molecule has 1 aliphatic heterocycles. The second-order valence-electron chi connectivity index (χ2n) is 6.53. The summed E-state index contributed by atoms with van der Waals surface area (Å²) < 4.78 is 62.4. The summed E-state index contributed by atoms with van der Waals surface area (Å²) in [5, 5.41) is 0. The maximum Gasteiger partial charge on any atom is 0.181 e. The van der Waals surface area contributed by atoms with E-state index in [0.717, 1.165) is 6.07 Å². The number of benzene rings is 1. The second kappa shape index (κ2) is 8.25. The van der Waals surface area contributed by atoms with Crippen LogP contribution in [0.2, 0.25) is 0 Å². The SMILES string of the molecule is CC1(CS(=O)(=O)c2ccc(OC/C(=C/F)CN)cc2F)CCOCC1. The fraction of sp³-hybridized carbons (Fsp3) is 0.529. The van der Waals surface area contributed by atoms with E-state index < -0.39 is 21.1 Å². The molecule has 0 unspecified atom stereocenters. The first-order chi connectivity index (χ1) is 11.8. The smallest absolute Gasteiger partial charge is 0.181 e. The molecule has 0 spiro atoms. The largest absolute Gasteiger partial charge is 0.489 e. The van der Waals surface area contributed by atoms with Crippen LogP contribution in [0.5, 0.6) is 5.75 Å². The third kappa shape index (κ3) is 5.23. The summed E-state index contributed by atoms with van der Waals surface area (Å²) >= 11 is 0. The van der Waals surface area contributed by atoms with Crippen LogP contribution < -0.4 is 10.5 Å². The Morgan fingerprint density at radius 2 is 2.08 bits per heavy atom. The van der Waals surface area contributed by atoms with E-state index in [-0.39, 0.29) is 35.1 Å². The molecule has 1 heterocycles. The average Bonchev–Trinajstić information content (AvgIpc) is 2.55. The van der Waals surface area contributed by atoms with Crippen molar-refractivity contribution >= 4 is 9.84 Å². The van der Waals surface area contributed by atoms with Crippen molar-refractivity contribution in [2.24, 2.45) is 11.1 Å². The first-order valence-electron chi connectivity index (χ1n) is 8.01. The van der Waals surface area contributed by atoms with Crippen LogP contribution in [-0.4, -0.2) is 40.5 Å². The lowest BCUT2D eigenvalue weighted by Crippen LogP contribution is -2.33. The fourth-order valence-corrected chi connectivity index (χ4v) is 4.67. The van der Waals surface area contributed by atoms with Crippen molar-refractivity contribution in [2.45, 2.75) is 24.7 Å². The number of sulfone groups is 1. The lowest BCUT2D eigenvalue weighted by molar-refractivity contribution is 0.0341. The monoisotopic (exact) mass is 375 g/mol. The molecule has 0 amide bonds. The minimum absolute atomic E-state index is 0.0201. The number of hydrogen-bond acceptors (Lipinski definition) is 5. The summed E-state index contributed by atoms with van der Waals surface area (Å²) in [7, 11) is -3.78. The van der Waals surface area contributed by atoms with E-state index in [1.807, 2.05) is 6.92 Å². The van der Waals surface area contributed by atoms with Gasteiger partial charge in [0.25, 0.3) is 0 Å². The number of hydrogen-bond donors (Lipinski definition) is 1. The average molecular weight is 375 g/mol. The molecule has 1 aromatic rings. The molecule has 0 bridgehead atoms. The summed E-state index contributed by atoms with van der Waals surface area (Å²) in [6.07, 6.45) is 1.57. The second-order valence-corrected chi connectivity index (χ2v) is 8.49. The lowest BCUT2D eigenvalue weighted by atomic mass is 9.85. The van der Waals surface area contributed by atoms with Crippen molar-refractivity contribution in [1.82, 2.24) is 0 Å². The van der Waals surface area contributed by atoms with Crippen LogP contribution in [0.25, 0.3) is 0 Å². The van der Waals surface area contributed by atoms with Gasteiger partial charge in [0.05, 0.1) is 12.1 Å². The molecule has 1 aliphatic rings. The standard InChI is InChI=1S/C17H23F2NO4S/c1-17(4-6-23-7-5-17)12-25(21,22)16-3-2-14(8-15(16)19)24-11-13(9-18)10-20/h2-3,8-9H,4-7,10-12,20H2,1H3/b13-9+. The summed E-state index contributed by atoms with van der Waals surface area (Å²) in [5.41, 5.74) is 5.09. The van der Waals surface area contributed by atoms with Gasteiger partial charge in [0.2, 0.25) is 0 Å². The van der Waals surface area contributed by atoms with Gasteiger partial charge in [0, 0.05) is 31.4 Å². The molecule has 2 N–H and O–H groups in total. The van der Waals surface area contributed by atoms with Gasteiger partial charge in [-0.15, -0.1) is 0 Å². The van der Waals surface area contributed by atoms with Crippen LogP contribution >= 0.6 is 0 Å². The molecule has 8 heteroatoms. The van der Waals surface area contributed by atoms with Crippen molar-refractivity contribution in [2.75, 3.05) is 32.1 Å². The summed E-state index contributed by atoms with van der Waals surface area (Å²) in [6.45, 7) is 2.74. The minimum atomic E-state index is -3.78. The van der Waals surface area contributed by atoms with E-state index in [9.17, 15) is 17.2 Å². The van der Waals surface area contributed by atoms with Crippen molar-refractivity contribution < 1.29 is 26.7 Å². The Bertz CT molecular complexity index is 728. The van der Waals surface area contributed by atoms with Gasteiger partial charge >= 0.3 is 0 Å². The number of ether oxygens (including phenoxy) is 2. The Balaban J connectivity index is 2.13. The highest BCUT2D eigenvalue weighted by Gasteiger charge is 2.34. The Hall–Kier alpha value is -1.51. The molecule has 0 saturated carbocycles. The fourth-order valence-electron chi connectivity index (χ4n) is 2.68. The van der Waals surface area contributed by atoms with Crippen LogP contribution in [0.3, 0.4) is 0 Å². The van der Waals surface area contributed by atoms with E-state index in [1.54, 1.807) is 0 Å². The van der Waals surface area contributed by atoms with Crippen LogP contribution in [0.1, 0.15) is 19.8 Å². The van der Waals surface area contributed by atoms with Gasteiger partial charge in [-0.2, -0.15) is 0 Å². The van der Waals surface area contributed by atoms with Gasteiger partial charge in [0.15, 0.2) is 9.84 Å². The topological polar surface area (TPSA) is 78.6 Å². The van der Waals surface area contributed by atoms with Crippen molar-refractivity contribution in [3.05, 3.63) is 35.9 Å². The molecule has 0 radical (unpaired) electrons. The Labute approximate surface area is 146 Å². The molecular weight excluding hydrogens is 352 g/mol. The zero-order valence-electron chi connectivity index (χ0n) is 14.1. The lowest BCUT2D eigenvalue weighted by Gasteiger charge is -2.33. The van der Waals surface area contributed by atoms with E-state index in [2.05, 4.69) is 0 Å². The molecular formula is C17H23F2NO4S. The van der Waals surface area contributed by atoms with E-state index in [0.29, 0.717) is 32.4 Å². The highest BCUT2D eigenvalue weighted by molar-refractivity contribution is 7.91.